The van der Waals surface area contributed by atoms with Crippen LogP contribution in [-0.2, 0) is 9.59 Å². The zero-order chi connectivity index (χ0) is 19.9. The second-order valence-corrected chi connectivity index (χ2v) is 7.97. The van der Waals surface area contributed by atoms with Crippen LogP contribution in [-0.4, -0.2) is 46.9 Å². The van der Waals surface area contributed by atoms with E-state index in [-0.39, 0.29) is 18.4 Å². The molecule has 9 heteroatoms. The third kappa shape index (κ3) is 3.33. The molecule has 0 bridgehead atoms. The SMILES string of the molecule is COc1ccc(-c2csc(NC(=O)CN3C(=O)N[C@@](C)(C4CC4)C3=O)n2)cc1. The van der Waals surface area contributed by atoms with E-state index in [1.807, 2.05) is 29.6 Å². The molecule has 8 nitrogen and oxygen atoms in total. The number of imide groups is 1. The normalized spacial score (nSPS) is 21.6. The Kier molecular flexibility index (Phi) is 4.54. The van der Waals surface area contributed by atoms with E-state index in [9.17, 15) is 14.4 Å². The lowest BCUT2D eigenvalue weighted by atomic mass is 9.96. The Balaban J connectivity index is 1.39. The zero-order valence-corrected chi connectivity index (χ0v) is 16.3. The van der Waals surface area contributed by atoms with Crippen molar-refractivity contribution in [3.8, 4) is 17.0 Å². The fourth-order valence-corrected chi connectivity index (χ4v) is 4.06. The summed E-state index contributed by atoms with van der Waals surface area (Å²) >= 11 is 1.28. The van der Waals surface area contributed by atoms with Crippen LogP contribution < -0.4 is 15.4 Å². The molecule has 2 aromatic rings. The smallest absolute Gasteiger partial charge is 0.325 e. The Morgan fingerprint density at radius 1 is 1.36 bits per heavy atom. The van der Waals surface area contributed by atoms with Gasteiger partial charge in [0, 0.05) is 10.9 Å². The van der Waals surface area contributed by atoms with Gasteiger partial charge in [0.05, 0.1) is 12.8 Å². The molecule has 1 aliphatic carbocycles. The standard InChI is InChI=1S/C19H20N4O4S/c1-19(12-5-6-12)16(25)23(18(26)22-19)9-15(24)21-17-20-14(10-28-17)11-3-7-13(27-2)8-4-11/h3-4,7-8,10,12H,5-6,9H2,1-2H3,(H,22,26)(H,20,21,24)/t19-/m0/s1. The molecule has 0 radical (unpaired) electrons. The highest BCUT2D eigenvalue weighted by atomic mass is 32.1. The van der Waals surface area contributed by atoms with Crippen molar-refractivity contribution in [3.63, 3.8) is 0 Å². The number of rotatable bonds is 6. The van der Waals surface area contributed by atoms with Crippen molar-refractivity contribution in [2.24, 2.45) is 5.92 Å². The van der Waals surface area contributed by atoms with E-state index in [1.54, 1.807) is 14.0 Å². The number of aromatic nitrogens is 1. The van der Waals surface area contributed by atoms with E-state index in [2.05, 4.69) is 15.6 Å². The second-order valence-electron chi connectivity index (χ2n) is 7.11. The fraction of sp³-hybridized carbons (Fsp3) is 0.368. The molecule has 1 atom stereocenters. The zero-order valence-electron chi connectivity index (χ0n) is 15.5. The van der Waals surface area contributed by atoms with Gasteiger partial charge in [-0.2, -0.15) is 0 Å². The number of methoxy groups -OCH3 is 1. The first kappa shape index (κ1) is 18.4. The number of urea groups is 1. The first-order chi connectivity index (χ1) is 13.4. The third-order valence-electron chi connectivity index (χ3n) is 5.13. The maximum Gasteiger partial charge on any atom is 0.325 e. The molecule has 146 valence electrons. The van der Waals surface area contributed by atoms with Crippen molar-refractivity contribution in [2.45, 2.75) is 25.3 Å². The number of ether oxygens (including phenoxy) is 1. The average Bonchev–Trinajstić information content (AvgIpc) is 3.41. The molecule has 4 rings (SSSR count). The van der Waals surface area contributed by atoms with Crippen LogP contribution in [0.25, 0.3) is 11.3 Å². The van der Waals surface area contributed by atoms with Crippen LogP contribution >= 0.6 is 11.3 Å². The van der Waals surface area contributed by atoms with Crippen molar-refractivity contribution >= 4 is 34.3 Å². The van der Waals surface area contributed by atoms with E-state index < -0.39 is 17.5 Å². The molecule has 0 spiro atoms. The van der Waals surface area contributed by atoms with E-state index in [4.69, 9.17) is 4.74 Å². The molecule has 2 N–H and O–H groups in total. The summed E-state index contributed by atoms with van der Waals surface area (Å²) in [5.74, 6) is 0.106. The number of hydrogen-bond donors (Lipinski definition) is 2. The van der Waals surface area contributed by atoms with E-state index >= 15 is 0 Å². The summed E-state index contributed by atoms with van der Waals surface area (Å²) < 4.78 is 5.14. The lowest BCUT2D eigenvalue weighted by Gasteiger charge is -2.20. The first-order valence-corrected chi connectivity index (χ1v) is 9.82. The molecule has 1 saturated carbocycles. The highest BCUT2D eigenvalue weighted by Gasteiger charge is 2.56. The minimum absolute atomic E-state index is 0.156. The van der Waals surface area contributed by atoms with Crippen LogP contribution in [0.5, 0.6) is 5.75 Å². The molecular weight excluding hydrogens is 380 g/mol. The van der Waals surface area contributed by atoms with Gasteiger partial charge in [-0.05, 0) is 49.9 Å². The molecule has 0 unspecified atom stereocenters. The average molecular weight is 400 g/mol. The van der Waals surface area contributed by atoms with Crippen molar-refractivity contribution in [1.82, 2.24) is 15.2 Å². The largest absolute Gasteiger partial charge is 0.497 e. The summed E-state index contributed by atoms with van der Waals surface area (Å²) in [5, 5.41) is 7.63. The topological polar surface area (TPSA) is 101 Å². The molecular formula is C19H20N4O4S. The van der Waals surface area contributed by atoms with Gasteiger partial charge in [0.1, 0.15) is 17.8 Å². The van der Waals surface area contributed by atoms with Crippen molar-refractivity contribution < 1.29 is 19.1 Å². The minimum Gasteiger partial charge on any atom is -0.497 e. The molecule has 1 aliphatic heterocycles. The van der Waals surface area contributed by atoms with E-state index in [0.717, 1.165) is 34.7 Å². The van der Waals surface area contributed by atoms with E-state index in [1.165, 1.54) is 11.3 Å². The summed E-state index contributed by atoms with van der Waals surface area (Å²) in [6, 6.07) is 6.91. The van der Waals surface area contributed by atoms with E-state index in [0.29, 0.717) is 5.13 Å². The summed E-state index contributed by atoms with van der Waals surface area (Å²) in [5.41, 5.74) is 0.728. The quantitative estimate of drug-likeness (QED) is 0.726. The van der Waals surface area contributed by atoms with Gasteiger partial charge in [0.2, 0.25) is 5.91 Å². The third-order valence-corrected chi connectivity index (χ3v) is 5.89. The molecule has 4 amide bonds. The van der Waals surface area contributed by atoms with Crippen LogP contribution in [0.2, 0.25) is 0 Å². The maximum atomic E-state index is 12.6. The Morgan fingerprint density at radius 3 is 2.71 bits per heavy atom. The van der Waals surface area contributed by atoms with Gasteiger partial charge in [0.25, 0.3) is 5.91 Å². The Bertz CT molecular complexity index is 938. The van der Waals surface area contributed by atoms with Crippen molar-refractivity contribution in [3.05, 3.63) is 29.6 Å². The number of anilines is 1. The van der Waals surface area contributed by atoms with Crippen LogP contribution in [0.1, 0.15) is 19.8 Å². The number of thiazole rings is 1. The van der Waals surface area contributed by atoms with Gasteiger partial charge in [-0.3, -0.25) is 14.5 Å². The van der Waals surface area contributed by atoms with Gasteiger partial charge < -0.3 is 15.4 Å². The van der Waals surface area contributed by atoms with Gasteiger partial charge in [-0.25, -0.2) is 9.78 Å². The van der Waals surface area contributed by atoms with Gasteiger partial charge in [0.15, 0.2) is 5.13 Å². The number of hydrogen-bond acceptors (Lipinski definition) is 6. The summed E-state index contributed by atoms with van der Waals surface area (Å²) in [4.78, 5) is 42.5. The number of carbonyl (C=O) groups excluding carboxylic acids is 3. The number of benzene rings is 1. The van der Waals surface area contributed by atoms with Crippen LogP contribution in [0, 0.1) is 5.92 Å². The van der Waals surface area contributed by atoms with Crippen LogP contribution in [0.15, 0.2) is 29.6 Å². The fourth-order valence-electron chi connectivity index (χ4n) is 3.32. The monoisotopic (exact) mass is 400 g/mol. The molecule has 2 aliphatic rings. The Hall–Kier alpha value is -2.94. The van der Waals surface area contributed by atoms with Crippen LogP contribution in [0.3, 0.4) is 0 Å². The summed E-state index contributed by atoms with van der Waals surface area (Å²) in [7, 11) is 1.60. The number of amides is 4. The number of carbonyl (C=O) groups is 3. The summed E-state index contributed by atoms with van der Waals surface area (Å²) in [6.07, 6.45) is 1.83. The predicted octanol–water partition coefficient (Wildman–Crippen LogP) is 2.48. The molecule has 1 aromatic carbocycles. The van der Waals surface area contributed by atoms with Gasteiger partial charge >= 0.3 is 6.03 Å². The minimum atomic E-state index is -0.889. The van der Waals surface area contributed by atoms with Crippen LogP contribution in [0.4, 0.5) is 9.93 Å². The molecule has 28 heavy (non-hydrogen) atoms. The molecule has 1 saturated heterocycles. The molecule has 1 aromatic heterocycles. The number of nitrogens with zero attached hydrogens (tertiary/aromatic N) is 2. The molecule has 2 fully saturated rings. The number of nitrogens with one attached hydrogen (secondary N) is 2. The highest BCUT2D eigenvalue weighted by molar-refractivity contribution is 7.14. The van der Waals surface area contributed by atoms with Crippen molar-refractivity contribution in [2.75, 3.05) is 19.0 Å². The Morgan fingerprint density at radius 2 is 2.07 bits per heavy atom. The van der Waals surface area contributed by atoms with Gasteiger partial charge in [-0.15, -0.1) is 11.3 Å². The summed E-state index contributed by atoms with van der Waals surface area (Å²) in [6.45, 7) is 1.40. The lowest BCUT2D eigenvalue weighted by Crippen LogP contribution is -2.46. The maximum absolute atomic E-state index is 12.6. The second kappa shape index (κ2) is 6.90. The Labute approximate surface area is 165 Å². The lowest BCUT2D eigenvalue weighted by molar-refractivity contribution is -0.134. The molecule has 2 heterocycles. The van der Waals surface area contributed by atoms with Gasteiger partial charge in [-0.1, -0.05) is 0 Å². The first-order valence-electron chi connectivity index (χ1n) is 8.94. The van der Waals surface area contributed by atoms with Crippen molar-refractivity contribution in [1.29, 1.82) is 0 Å². The highest BCUT2D eigenvalue weighted by Crippen LogP contribution is 2.42. The predicted molar refractivity (Wildman–Crippen MR) is 104 cm³/mol.